The van der Waals surface area contributed by atoms with E-state index in [2.05, 4.69) is 61.2 Å². The van der Waals surface area contributed by atoms with Crippen molar-refractivity contribution in [1.82, 2.24) is 40.4 Å². The van der Waals surface area contributed by atoms with Gasteiger partial charge in [-0.1, -0.05) is 59.1 Å². The smallest absolute Gasteiger partial charge is 0.407 e. The monoisotopic (exact) mass is 726 g/mol. The number of nitrogens with one attached hydrogen (secondary N) is 4. The zero-order valence-corrected chi connectivity index (χ0v) is 31.5. The molecule has 4 rings (SSSR count). The Hall–Kier alpha value is -5.76. The van der Waals surface area contributed by atoms with Gasteiger partial charge in [-0.05, 0) is 66.6 Å². The first kappa shape index (κ1) is 40.0. The van der Waals surface area contributed by atoms with Gasteiger partial charge in [0.15, 0.2) is 0 Å². The molecule has 1 fully saturated rings. The highest BCUT2D eigenvalue weighted by Gasteiger charge is 2.37. The molecule has 1 aliphatic rings. The molecule has 1 aromatic carbocycles. The summed E-state index contributed by atoms with van der Waals surface area (Å²) in [5.74, 6) is 12.4. The highest BCUT2D eigenvalue weighted by atomic mass is 16.5. The van der Waals surface area contributed by atoms with Crippen LogP contribution in [0, 0.1) is 35.5 Å². The highest BCUT2D eigenvalue weighted by Crippen LogP contribution is 2.32. The average molecular weight is 727 g/mol. The van der Waals surface area contributed by atoms with Crippen molar-refractivity contribution in [2.45, 2.75) is 85.0 Å². The Bertz CT molecular complexity index is 1840. The Labute approximate surface area is 311 Å². The largest absolute Gasteiger partial charge is 0.453 e. The third-order valence-corrected chi connectivity index (χ3v) is 8.95. The lowest BCUT2D eigenvalue weighted by Gasteiger charge is -2.30. The van der Waals surface area contributed by atoms with Gasteiger partial charge in [0.25, 0.3) is 0 Å². The third-order valence-electron chi connectivity index (χ3n) is 8.95. The number of benzene rings is 1. The first-order valence-electron chi connectivity index (χ1n) is 17.9. The van der Waals surface area contributed by atoms with Crippen molar-refractivity contribution in [2.24, 2.45) is 11.8 Å². The van der Waals surface area contributed by atoms with Crippen molar-refractivity contribution in [3.63, 3.8) is 0 Å². The molecule has 3 aromatic rings. The van der Waals surface area contributed by atoms with Gasteiger partial charge in [0.2, 0.25) is 11.8 Å². The Morgan fingerprint density at radius 1 is 0.925 bits per heavy atom. The van der Waals surface area contributed by atoms with Gasteiger partial charge >= 0.3 is 12.2 Å². The highest BCUT2D eigenvalue weighted by molar-refractivity contribution is 5.87. The lowest BCUT2D eigenvalue weighted by atomic mass is 10.0. The van der Waals surface area contributed by atoms with Crippen LogP contribution in [-0.4, -0.2) is 93.1 Å². The molecule has 0 saturated carbocycles. The second kappa shape index (κ2) is 19.2. The van der Waals surface area contributed by atoms with Gasteiger partial charge in [-0.15, -0.1) is 0 Å². The number of nitrogens with zero attached hydrogens (tertiary/aromatic N) is 4. The number of H-pyrrole nitrogens is 2. The summed E-state index contributed by atoms with van der Waals surface area (Å²) in [5, 5.41) is 5.32. The molecule has 3 heterocycles. The van der Waals surface area contributed by atoms with Crippen LogP contribution < -0.4 is 10.6 Å². The Balaban J connectivity index is 1.38. The summed E-state index contributed by atoms with van der Waals surface area (Å²) in [6, 6.07) is 6.04. The number of aromatic nitrogens is 4. The number of rotatable bonds is 13. The van der Waals surface area contributed by atoms with Crippen molar-refractivity contribution in [3.05, 3.63) is 59.6 Å². The van der Waals surface area contributed by atoms with E-state index in [1.807, 2.05) is 52.0 Å². The number of aromatic amines is 2. The van der Waals surface area contributed by atoms with Crippen LogP contribution in [0.3, 0.4) is 0 Å². The van der Waals surface area contributed by atoms with Crippen molar-refractivity contribution < 1.29 is 28.7 Å². The van der Waals surface area contributed by atoms with Gasteiger partial charge in [0.05, 0.1) is 44.9 Å². The predicted molar refractivity (Wildman–Crippen MR) is 199 cm³/mol. The second-order valence-electron chi connectivity index (χ2n) is 13.5. The quantitative estimate of drug-likeness (QED) is 0.183. The van der Waals surface area contributed by atoms with Crippen molar-refractivity contribution in [2.75, 3.05) is 27.3 Å². The lowest BCUT2D eigenvalue weighted by Crippen LogP contribution is -2.51. The molecule has 0 bridgehead atoms. The number of alkyl carbamates (subject to hydrolysis) is 2. The third kappa shape index (κ3) is 10.9. The molecule has 14 heteroatoms. The minimum absolute atomic E-state index is 0.112. The lowest BCUT2D eigenvalue weighted by molar-refractivity contribution is -0.136. The molecule has 282 valence electrons. The van der Waals surface area contributed by atoms with Gasteiger partial charge < -0.3 is 39.9 Å². The summed E-state index contributed by atoms with van der Waals surface area (Å²) < 4.78 is 9.45. The Morgan fingerprint density at radius 3 is 2.23 bits per heavy atom. The molecule has 0 aliphatic carbocycles. The van der Waals surface area contributed by atoms with E-state index in [0.717, 1.165) is 42.5 Å². The van der Waals surface area contributed by atoms with Crippen LogP contribution in [0.2, 0.25) is 0 Å². The molecule has 1 aliphatic heterocycles. The normalized spacial score (nSPS) is 14.7. The summed E-state index contributed by atoms with van der Waals surface area (Å²) in [4.78, 5) is 69.7. The number of ether oxygens (including phenoxy) is 2. The van der Waals surface area contributed by atoms with E-state index < -0.39 is 24.3 Å². The van der Waals surface area contributed by atoms with Gasteiger partial charge in [-0.2, -0.15) is 0 Å². The molecule has 3 atom stereocenters. The minimum atomic E-state index is -0.725. The maximum Gasteiger partial charge on any atom is 0.407 e. The minimum Gasteiger partial charge on any atom is -0.453 e. The van der Waals surface area contributed by atoms with E-state index in [4.69, 9.17) is 9.47 Å². The zero-order chi connectivity index (χ0) is 38.5. The van der Waals surface area contributed by atoms with Crippen LogP contribution in [0.25, 0.3) is 11.3 Å². The molecule has 1 saturated heterocycles. The molecule has 2 aromatic heterocycles. The molecule has 53 heavy (non-hydrogen) atoms. The van der Waals surface area contributed by atoms with Crippen LogP contribution in [0.1, 0.15) is 89.3 Å². The Kier molecular flexibility index (Phi) is 14.5. The molecule has 14 nitrogen and oxygen atoms in total. The van der Waals surface area contributed by atoms with Crippen LogP contribution >= 0.6 is 0 Å². The zero-order valence-electron chi connectivity index (χ0n) is 31.5. The molecular formula is C39H50N8O6. The maximum absolute atomic E-state index is 13.5. The molecular weight excluding hydrogens is 676 g/mol. The average Bonchev–Trinajstić information content (AvgIpc) is 3.94. The summed E-state index contributed by atoms with van der Waals surface area (Å²) in [6.07, 6.45) is 5.39. The number of likely N-dealkylation sites (tertiary alicyclic amines) is 1. The number of hydrogen-bond donors (Lipinski definition) is 4. The van der Waals surface area contributed by atoms with E-state index in [1.165, 1.54) is 14.2 Å². The molecule has 0 unspecified atom stereocenters. The maximum atomic E-state index is 13.5. The van der Waals surface area contributed by atoms with Crippen LogP contribution in [0.4, 0.5) is 9.59 Å². The first-order chi connectivity index (χ1) is 25.4. The fourth-order valence-electron chi connectivity index (χ4n) is 5.98. The Morgan fingerprint density at radius 2 is 1.58 bits per heavy atom. The summed E-state index contributed by atoms with van der Waals surface area (Å²) in [6.45, 7) is 10.9. The second-order valence-corrected chi connectivity index (χ2v) is 13.5. The van der Waals surface area contributed by atoms with E-state index in [-0.39, 0.29) is 36.2 Å². The summed E-state index contributed by atoms with van der Waals surface area (Å²) in [5.41, 5.74) is 3.08. The number of carbonyl (C=O) groups is 4. The van der Waals surface area contributed by atoms with E-state index in [9.17, 15) is 19.2 Å². The van der Waals surface area contributed by atoms with Crippen LogP contribution in [0.15, 0.2) is 36.7 Å². The van der Waals surface area contributed by atoms with Gasteiger partial charge in [-0.3, -0.25) is 9.59 Å². The van der Waals surface area contributed by atoms with Crippen LogP contribution in [-0.2, 0) is 25.6 Å². The topological polar surface area (TPSA) is 175 Å². The number of imidazole rings is 2. The van der Waals surface area contributed by atoms with Gasteiger partial charge in [-0.25, -0.2) is 19.6 Å². The molecule has 4 N–H and O–H groups in total. The SMILES string of the molecule is CCCCN(Cc1ncc(C#CC#Cc2ccc(-c3cnc([C@@H]4CCCN4C(=O)[C@H](NC(=O)OC)C(C)C)[nH]3)cc2)[nH]1)C(=O)[C@@H](NC(=O)OC)C(C)C. The van der Waals surface area contributed by atoms with Gasteiger partial charge in [0.1, 0.15) is 29.4 Å². The molecule has 4 amide bonds. The number of unbranched alkanes of at least 4 members (excludes halogenated alkanes) is 1. The van der Waals surface area contributed by atoms with E-state index in [0.29, 0.717) is 30.4 Å². The predicted octanol–water partition coefficient (Wildman–Crippen LogP) is 4.76. The van der Waals surface area contributed by atoms with Crippen LogP contribution in [0.5, 0.6) is 0 Å². The summed E-state index contributed by atoms with van der Waals surface area (Å²) >= 11 is 0. The fourth-order valence-corrected chi connectivity index (χ4v) is 5.98. The van der Waals surface area contributed by atoms with Gasteiger partial charge in [0, 0.05) is 18.7 Å². The number of hydrogen-bond acceptors (Lipinski definition) is 8. The van der Waals surface area contributed by atoms with Crippen molar-refractivity contribution in [3.8, 4) is 34.9 Å². The van der Waals surface area contributed by atoms with Crippen molar-refractivity contribution in [1.29, 1.82) is 0 Å². The molecule has 0 radical (unpaired) electrons. The fraction of sp³-hybridized carbons (Fsp3) is 0.487. The van der Waals surface area contributed by atoms with Crippen molar-refractivity contribution >= 4 is 24.0 Å². The van der Waals surface area contributed by atoms with E-state index in [1.54, 1.807) is 22.2 Å². The number of amides is 4. The summed E-state index contributed by atoms with van der Waals surface area (Å²) in [7, 11) is 2.55. The number of methoxy groups -OCH3 is 2. The molecule has 0 spiro atoms. The first-order valence-corrected chi connectivity index (χ1v) is 17.9. The standard InChI is InChI=1S/C39H50N8O6/c1-8-9-20-46(36(48)33(25(2)3)44-38(50)52-6)24-32-40-22-29(42-32)14-11-10-13-27-16-18-28(19-17-27)30-23-41-35(43-30)31-15-12-21-47(31)37(49)34(26(4)5)45-39(51)53-7/h16-19,22-23,25-26,31,33-34H,8-9,12,15,20-21,24H2,1-7H3,(H,40,42)(H,41,43)(H,44,50)(H,45,51)/t31-,33-,34+/m0/s1. The van der Waals surface area contributed by atoms with E-state index >= 15 is 0 Å². The number of carbonyl (C=O) groups excluding carboxylic acids is 4.